The van der Waals surface area contributed by atoms with E-state index in [2.05, 4.69) is 21.2 Å². The zero-order valence-electron chi connectivity index (χ0n) is 23.6. The number of aliphatic hydroxyl groups excluding tert-OH is 1. The number of aliphatic imine (C=N–C) groups is 1. The Morgan fingerprint density at radius 3 is 2.24 bits per heavy atom. The van der Waals surface area contributed by atoms with E-state index in [-0.39, 0.29) is 19.1 Å². The van der Waals surface area contributed by atoms with E-state index in [9.17, 15) is 4.79 Å². The summed E-state index contributed by atoms with van der Waals surface area (Å²) in [7, 11) is 4.68. The number of ether oxygens (including phenoxy) is 5. The summed E-state index contributed by atoms with van der Waals surface area (Å²) < 4.78 is 29.3. The van der Waals surface area contributed by atoms with Crippen molar-refractivity contribution in [3.05, 3.63) is 81.8 Å². The van der Waals surface area contributed by atoms with E-state index in [1.54, 1.807) is 33.5 Å². The average molecular weight is 628 g/mol. The molecule has 4 rings (SSSR count). The largest absolute Gasteiger partial charge is 0.496 e. The number of benzene rings is 3. The van der Waals surface area contributed by atoms with Gasteiger partial charge in [0.15, 0.2) is 5.54 Å². The van der Waals surface area contributed by atoms with Crippen LogP contribution in [0.15, 0.2) is 70.1 Å². The monoisotopic (exact) mass is 626 g/mol. The molecule has 0 saturated heterocycles. The molecule has 3 aromatic carbocycles. The molecule has 1 amide bonds. The van der Waals surface area contributed by atoms with Gasteiger partial charge in [-0.3, -0.25) is 4.79 Å². The Labute approximate surface area is 248 Å². The Morgan fingerprint density at radius 2 is 1.66 bits per heavy atom. The molecule has 10 heteroatoms. The molecule has 0 aliphatic carbocycles. The fourth-order valence-corrected chi connectivity index (χ4v) is 4.89. The van der Waals surface area contributed by atoms with Crippen molar-refractivity contribution in [1.29, 1.82) is 0 Å². The molecule has 1 aliphatic heterocycles. The SMILES string of the molecule is COc1cc(OC)c(CNC(=O)[C@]2(Cc3ccc(Br)cc3)N=C(c3ccc(OCCCO)cc3)O[C@@H]2C)c(OC)c1. The van der Waals surface area contributed by atoms with Gasteiger partial charge < -0.3 is 34.1 Å². The Morgan fingerprint density at radius 1 is 1.00 bits per heavy atom. The summed E-state index contributed by atoms with van der Waals surface area (Å²) in [6, 6.07) is 18.6. The number of carbonyl (C=O) groups excluding carboxylic acids is 1. The number of rotatable bonds is 13. The number of hydrogen-bond donors (Lipinski definition) is 2. The number of carbonyl (C=O) groups is 1. The van der Waals surface area contributed by atoms with Gasteiger partial charge in [-0.2, -0.15) is 0 Å². The summed E-state index contributed by atoms with van der Waals surface area (Å²) in [5.74, 6) is 2.42. The fraction of sp³-hybridized carbons (Fsp3) is 0.355. The van der Waals surface area contributed by atoms with Gasteiger partial charge in [0, 0.05) is 41.6 Å². The molecule has 0 fully saturated rings. The van der Waals surface area contributed by atoms with Crippen LogP contribution in [-0.2, 0) is 22.5 Å². The van der Waals surface area contributed by atoms with Crippen molar-refractivity contribution < 1.29 is 33.6 Å². The molecule has 0 saturated carbocycles. The highest BCUT2D eigenvalue weighted by molar-refractivity contribution is 9.10. The number of nitrogens with zero attached hydrogens (tertiary/aromatic N) is 1. The second kappa shape index (κ2) is 13.7. The minimum Gasteiger partial charge on any atom is -0.496 e. The lowest BCUT2D eigenvalue weighted by atomic mass is 9.86. The van der Waals surface area contributed by atoms with Crippen LogP contribution in [0.5, 0.6) is 23.0 Å². The van der Waals surface area contributed by atoms with Crippen LogP contribution < -0.4 is 24.3 Å². The lowest BCUT2D eigenvalue weighted by molar-refractivity contribution is -0.128. The summed E-state index contributed by atoms with van der Waals surface area (Å²) in [5.41, 5.74) is 1.12. The fourth-order valence-electron chi connectivity index (χ4n) is 4.63. The first-order chi connectivity index (χ1) is 19.8. The van der Waals surface area contributed by atoms with Crippen molar-refractivity contribution in [2.24, 2.45) is 4.99 Å². The van der Waals surface area contributed by atoms with Crippen LogP contribution >= 0.6 is 15.9 Å². The number of methoxy groups -OCH3 is 3. The van der Waals surface area contributed by atoms with E-state index < -0.39 is 11.6 Å². The normalized spacial score (nSPS) is 17.8. The molecule has 1 aliphatic rings. The molecular weight excluding hydrogens is 592 g/mol. The van der Waals surface area contributed by atoms with Crippen molar-refractivity contribution in [1.82, 2.24) is 5.32 Å². The lowest BCUT2D eigenvalue weighted by Gasteiger charge is -2.28. The highest BCUT2D eigenvalue weighted by atomic mass is 79.9. The minimum atomic E-state index is -1.23. The van der Waals surface area contributed by atoms with Crippen LogP contribution in [0.25, 0.3) is 0 Å². The zero-order valence-corrected chi connectivity index (χ0v) is 25.2. The van der Waals surface area contributed by atoms with Crippen molar-refractivity contribution in [2.45, 2.75) is 38.0 Å². The maximum absolute atomic E-state index is 14.1. The van der Waals surface area contributed by atoms with Gasteiger partial charge in [-0.05, 0) is 48.9 Å². The van der Waals surface area contributed by atoms with E-state index in [1.165, 1.54) is 0 Å². The molecule has 0 bridgehead atoms. The van der Waals surface area contributed by atoms with Gasteiger partial charge >= 0.3 is 0 Å². The Balaban J connectivity index is 1.64. The third kappa shape index (κ3) is 6.94. The molecule has 1 heterocycles. The third-order valence-electron chi connectivity index (χ3n) is 6.96. The second-order valence-corrected chi connectivity index (χ2v) is 10.5. The van der Waals surface area contributed by atoms with Crippen LogP contribution in [0.4, 0.5) is 0 Å². The van der Waals surface area contributed by atoms with Gasteiger partial charge in [-0.1, -0.05) is 28.1 Å². The zero-order chi connectivity index (χ0) is 29.4. The second-order valence-electron chi connectivity index (χ2n) is 9.55. The van der Waals surface area contributed by atoms with Crippen LogP contribution in [0.1, 0.15) is 30.0 Å². The van der Waals surface area contributed by atoms with Crippen LogP contribution in [0, 0.1) is 0 Å². The van der Waals surface area contributed by atoms with E-state index in [1.807, 2.05) is 55.5 Å². The van der Waals surface area contributed by atoms with E-state index >= 15 is 0 Å². The maximum atomic E-state index is 14.1. The number of halogens is 1. The molecule has 218 valence electrons. The Kier molecular flexibility index (Phi) is 10.1. The molecule has 9 nitrogen and oxygen atoms in total. The Bertz CT molecular complexity index is 1340. The highest BCUT2D eigenvalue weighted by Crippen LogP contribution is 2.36. The molecule has 41 heavy (non-hydrogen) atoms. The third-order valence-corrected chi connectivity index (χ3v) is 7.49. The average Bonchev–Trinajstić information content (AvgIpc) is 3.33. The summed E-state index contributed by atoms with van der Waals surface area (Å²) in [5, 5.41) is 12.0. The van der Waals surface area contributed by atoms with Crippen molar-refractivity contribution >= 4 is 27.7 Å². The van der Waals surface area contributed by atoms with Gasteiger partial charge in [0.05, 0.1) is 40.0 Å². The first-order valence-electron chi connectivity index (χ1n) is 13.3. The predicted molar refractivity (Wildman–Crippen MR) is 159 cm³/mol. The molecule has 2 N–H and O–H groups in total. The van der Waals surface area contributed by atoms with Gasteiger partial charge in [0.25, 0.3) is 5.91 Å². The van der Waals surface area contributed by atoms with Gasteiger partial charge in [-0.25, -0.2) is 4.99 Å². The molecule has 3 aromatic rings. The number of aliphatic hydroxyl groups is 1. The highest BCUT2D eigenvalue weighted by Gasteiger charge is 2.50. The molecular formula is C31H35BrN2O7. The van der Waals surface area contributed by atoms with E-state index in [0.717, 1.165) is 15.6 Å². The number of amides is 1. The lowest BCUT2D eigenvalue weighted by Crippen LogP contribution is -2.52. The van der Waals surface area contributed by atoms with Crippen LogP contribution in [0.3, 0.4) is 0 Å². The smallest absolute Gasteiger partial charge is 0.252 e. The van der Waals surface area contributed by atoms with E-state index in [0.29, 0.717) is 53.9 Å². The molecule has 0 radical (unpaired) electrons. The van der Waals surface area contributed by atoms with Gasteiger partial charge in [0.1, 0.15) is 29.1 Å². The molecule has 0 unspecified atom stereocenters. The van der Waals surface area contributed by atoms with Crippen molar-refractivity contribution in [3.63, 3.8) is 0 Å². The van der Waals surface area contributed by atoms with Crippen molar-refractivity contribution in [2.75, 3.05) is 34.5 Å². The molecule has 0 spiro atoms. The number of hydrogen-bond acceptors (Lipinski definition) is 8. The topological polar surface area (TPSA) is 108 Å². The minimum absolute atomic E-state index is 0.0706. The van der Waals surface area contributed by atoms with Gasteiger partial charge in [-0.15, -0.1) is 0 Å². The van der Waals surface area contributed by atoms with Gasteiger partial charge in [0.2, 0.25) is 5.90 Å². The molecule has 0 aromatic heterocycles. The molecule has 2 atom stereocenters. The first kappa shape index (κ1) is 30.2. The van der Waals surface area contributed by atoms with E-state index in [4.69, 9.17) is 33.8 Å². The van der Waals surface area contributed by atoms with Crippen LogP contribution in [-0.4, -0.2) is 63.1 Å². The van der Waals surface area contributed by atoms with Crippen LogP contribution in [0.2, 0.25) is 0 Å². The summed E-state index contributed by atoms with van der Waals surface area (Å²) >= 11 is 3.48. The number of nitrogens with one attached hydrogen (secondary N) is 1. The first-order valence-corrected chi connectivity index (χ1v) is 14.0. The van der Waals surface area contributed by atoms with Crippen molar-refractivity contribution in [3.8, 4) is 23.0 Å². The summed E-state index contributed by atoms with van der Waals surface area (Å²) in [6.45, 7) is 2.50. The maximum Gasteiger partial charge on any atom is 0.252 e. The summed E-state index contributed by atoms with van der Waals surface area (Å²) in [4.78, 5) is 19.0. The predicted octanol–water partition coefficient (Wildman–Crippen LogP) is 4.70. The quantitative estimate of drug-likeness (QED) is 0.265. The Hall–Kier alpha value is -3.76. The standard InChI is InChI=1S/C31H35BrN2O7/c1-20-31(18-21-6-10-23(32)11-7-21,34-29(41-20)22-8-12-24(13-9-22)40-15-5-14-35)30(36)33-19-26-27(38-3)16-25(37-2)17-28(26)39-4/h6-13,16-17,20,35H,5,14-15,18-19H2,1-4H3,(H,33,36)/t20-,31-/m1/s1. The summed E-state index contributed by atoms with van der Waals surface area (Å²) in [6.07, 6.45) is 0.328.